The number of carbonyl (C=O) groups is 2. The van der Waals surface area contributed by atoms with Gasteiger partial charge in [-0.15, -0.1) is 0 Å². The number of nitrogens with one attached hydrogen (secondary N) is 1. The lowest BCUT2D eigenvalue weighted by atomic mass is 10.0. The number of amides is 2. The van der Waals surface area contributed by atoms with Crippen LogP contribution >= 0.6 is 0 Å². The number of benzene rings is 1. The van der Waals surface area contributed by atoms with Crippen molar-refractivity contribution in [2.24, 2.45) is 11.7 Å². The first-order valence-corrected chi connectivity index (χ1v) is 7.63. The summed E-state index contributed by atoms with van der Waals surface area (Å²) in [6, 6.07) is 5.83. The van der Waals surface area contributed by atoms with Crippen molar-refractivity contribution in [1.29, 1.82) is 0 Å². The van der Waals surface area contributed by atoms with Gasteiger partial charge >= 0.3 is 0 Å². The molecule has 1 aromatic rings. The van der Waals surface area contributed by atoms with E-state index in [1.807, 2.05) is 23.1 Å². The van der Waals surface area contributed by atoms with Crippen molar-refractivity contribution >= 4 is 23.2 Å². The summed E-state index contributed by atoms with van der Waals surface area (Å²) in [5, 5.41) is 2.84. The fraction of sp³-hybridized carbons (Fsp3) is 0.500. The van der Waals surface area contributed by atoms with Crippen molar-refractivity contribution in [2.75, 3.05) is 23.3 Å². The minimum atomic E-state index is -0.0895. The highest BCUT2D eigenvalue weighted by atomic mass is 16.2. The number of nitrogens with zero attached hydrogens (tertiary/aromatic N) is 1. The lowest BCUT2D eigenvalue weighted by Crippen LogP contribution is -2.36. The summed E-state index contributed by atoms with van der Waals surface area (Å²) in [6.45, 7) is 1.12. The number of hydrogen-bond donors (Lipinski definition) is 2. The smallest absolute Gasteiger partial charge is 0.230 e. The number of aryl methyl sites for hydroxylation is 1. The van der Waals surface area contributed by atoms with E-state index in [-0.39, 0.29) is 17.7 Å². The molecule has 2 amide bonds. The van der Waals surface area contributed by atoms with Gasteiger partial charge in [0.25, 0.3) is 0 Å². The van der Waals surface area contributed by atoms with Gasteiger partial charge in [-0.25, -0.2) is 0 Å². The summed E-state index contributed by atoms with van der Waals surface area (Å²) < 4.78 is 0. The Kier molecular flexibility index (Phi) is 3.92. The average Bonchev–Trinajstić information content (AvgIpc) is 3.30. The SMILES string of the molecule is NCCC(=O)Nc1ccc2c(c1)N(C(=O)C1CC1)CCC2. The van der Waals surface area contributed by atoms with E-state index in [2.05, 4.69) is 5.32 Å². The van der Waals surface area contributed by atoms with Gasteiger partial charge in [0.2, 0.25) is 11.8 Å². The molecule has 0 bridgehead atoms. The molecule has 1 fully saturated rings. The van der Waals surface area contributed by atoms with Crippen molar-refractivity contribution in [3.63, 3.8) is 0 Å². The van der Waals surface area contributed by atoms with Crippen molar-refractivity contribution in [1.82, 2.24) is 0 Å². The Hall–Kier alpha value is -1.88. The summed E-state index contributed by atoms with van der Waals surface area (Å²) in [6.07, 6.45) is 4.32. The second kappa shape index (κ2) is 5.85. The Morgan fingerprint density at radius 2 is 2.14 bits per heavy atom. The molecule has 1 aliphatic heterocycles. The van der Waals surface area contributed by atoms with Gasteiger partial charge in [0.15, 0.2) is 0 Å². The fourth-order valence-electron chi connectivity index (χ4n) is 2.79. The third-order valence-corrected chi connectivity index (χ3v) is 4.05. The second-order valence-electron chi connectivity index (χ2n) is 5.80. The van der Waals surface area contributed by atoms with Crippen LogP contribution in [0.4, 0.5) is 11.4 Å². The van der Waals surface area contributed by atoms with Gasteiger partial charge < -0.3 is 16.0 Å². The first kappa shape index (κ1) is 14.1. The van der Waals surface area contributed by atoms with Gasteiger partial charge in [-0.1, -0.05) is 6.07 Å². The maximum atomic E-state index is 12.4. The summed E-state index contributed by atoms with van der Waals surface area (Å²) >= 11 is 0. The molecule has 112 valence electrons. The van der Waals surface area contributed by atoms with Crippen molar-refractivity contribution in [3.8, 4) is 0 Å². The van der Waals surface area contributed by atoms with Crippen LogP contribution in [0.5, 0.6) is 0 Å². The van der Waals surface area contributed by atoms with Crippen molar-refractivity contribution < 1.29 is 9.59 Å². The maximum absolute atomic E-state index is 12.4. The van der Waals surface area contributed by atoms with Crippen LogP contribution in [0.15, 0.2) is 18.2 Å². The number of anilines is 2. The Morgan fingerprint density at radius 3 is 2.86 bits per heavy atom. The molecule has 5 nitrogen and oxygen atoms in total. The third kappa shape index (κ3) is 3.08. The van der Waals surface area contributed by atoms with E-state index in [0.717, 1.165) is 43.6 Å². The lowest BCUT2D eigenvalue weighted by molar-refractivity contribution is -0.120. The third-order valence-electron chi connectivity index (χ3n) is 4.05. The molecule has 21 heavy (non-hydrogen) atoms. The number of fused-ring (bicyclic) bond motifs is 1. The van der Waals surface area contributed by atoms with Crippen LogP contribution in [0, 0.1) is 5.92 Å². The van der Waals surface area contributed by atoms with Gasteiger partial charge in [-0.05, 0) is 43.4 Å². The van der Waals surface area contributed by atoms with Gasteiger partial charge in [-0.3, -0.25) is 9.59 Å². The Balaban J connectivity index is 1.82. The topological polar surface area (TPSA) is 75.4 Å². The molecule has 1 heterocycles. The quantitative estimate of drug-likeness (QED) is 0.884. The van der Waals surface area contributed by atoms with Gasteiger partial charge in [0, 0.05) is 36.8 Å². The minimum absolute atomic E-state index is 0.0895. The first-order valence-electron chi connectivity index (χ1n) is 7.63. The van der Waals surface area contributed by atoms with E-state index >= 15 is 0 Å². The molecule has 0 unspecified atom stereocenters. The molecule has 0 saturated heterocycles. The van der Waals surface area contributed by atoms with Gasteiger partial charge in [-0.2, -0.15) is 0 Å². The highest BCUT2D eigenvalue weighted by Crippen LogP contribution is 2.36. The van der Waals surface area contributed by atoms with Crippen LogP contribution in [0.3, 0.4) is 0 Å². The predicted molar refractivity (Wildman–Crippen MR) is 82.1 cm³/mol. The fourth-order valence-corrected chi connectivity index (χ4v) is 2.79. The number of hydrogen-bond acceptors (Lipinski definition) is 3. The van der Waals surface area contributed by atoms with Crippen LogP contribution in [-0.2, 0) is 16.0 Å². The molecule has 3 rings (SSSR count). The zero-order valence-corrected chi connectivity index (χ0v) is 12.1. The molecule has 0 aromatic heterocycles. The standard InChI is InChI=1S/C16H21N3O2/c17-8-7-15(20)18-13-6-5-11-2-1-9-19(14(11)10-13)16(21)12-3-4-12/h5-6,10,12H,1-4,7-9,17H2,(H,18,20). The second-order valence-corrected chi connectivity index (χ2v) is 5.80. The summed E-state index contributed by atoms with van der Waals surface area (Å²) in [7, 11) is 0. The Morgan fingerprint density at radius 1 is 1.33 bits per heavy atom. The number of nitrogens with two attached hydrogens (primary N) is 1. The van der Waals surface area contributed by atoms with Crippen LogP contribution in [0.2, 0.25) is 0 Å². The highest BCUT2D eigenvalue weighted by molar-refractivity contribution is 5.99. The lowest BCUT2D eigenvalue weighted by Gasteiger charge is -2.30. The van der Waals surface area contributed by atoms with Crippen molar-refractivity contribution in [3.05, 3.63) is 23.8 Å². The summed E-state index contributed by atoms with van der Waals surface area (Å²) in [5.74, 6) is 0.362. The van der Waals surface area contributed by atoms with E-state index in [9.17, 15) is 9.59 Å². The molecular formula is C16H21N3O2. The average molecular weight is 287 g/mol. The first-order chi connectivity index (χ1) is 10.2. The van der Waals surface area contributed by atoms with Crippen LogP contribution in [-0.4, -0.2) is 24.9 Å². The minimum Gasteiger partial charge on any atom is -0.330 e. The highest BCUT2D eigenvalue weighted by Gasteiger charge is 2.35. The molecular weight excluding hydrogens is 266 g/mol. The molecule has 1 aromatic carbocycles. The van der Waals surface area contributed by atoms with Gasteiger partial charge in [0.05, 0.1) is 0 Å². The molecule has 0 atom stereocenters. The van der Waals surface area contributed by atoms with E-state index in [0.29, 0.717) is 13.0 Å². The van der Waals surface area contributed by atoms with E-state index < -0.39 is 0 Å². The number of carbonyl (C=O) groups excluding carboxylic acids is 2. The van der Waals surface area contributed by atoms with Crippen molar-refractivity contribution in [2.45, 2.75) is 32.1 Å². The molecule has 3 N–H and O–H groups in total. The van der Waals surface area contributed by atoms with Gasteiger partial charge in [0.1, 0.15) is 0 Å². The zero-order valence-electron chi connectivity index (χ0n) is 12.1. The molecule has 1 saturated carbocycles. The molecule has 0 spiro atoms. The Labute approximate surface area is 124 Å². The largest absolute Gasteiger partial charge is 0.330 e. The molecule has 2 aliphatic rings. The maximum Gasteiger partial charge on any atom is 0.230 e. The van der Waals surface area contributed by atoms with E-state index in [4.69, 9.17) is 5.73 Å². The summed E-state index contributed by atoms with van der Waals surface area (Å²) in [5.41, 5.74) is 8.27. The Bertz CT molecular complexity index is 567. The van der Waals surface area contributed by atoms with Crippen LogP contribution < -0.4 is 16.0 Å². The summed E-state index contributed by atoms with van der Waals surface area (Å²) in [4.78, 5) is 25.9. The molecule has 0 radical (unpaired) electrons. The van der Waals surface area contributed by atoms with Crippen LogP contribution in [0.1, 0.15) is 31.2 Å². The molecule has 1 aliphatic carbocycles. The zero-order chi connectivity index (χ0) is 14.8. The van der Waals surface area contributed by atoms with E-state index in [1.165, 1.54) is 5.56 Å². The molecule has 5 heteroatoms. The monoisotopic (exact) mass is 287 g/mol. The number of rotatable bonds is 4. The normalized spacial score (nSPS) is 17.3. The van der Waals surface area contributed by atoms with E-state index in [1.54, 1.807) is 0 Å². The predicted octanol–water partition coefficient (Wildman–Crippen LogP) is 1.66. The van der Waals surface area contributed by atoms with Crippen LogP contribution in [0.25, 0.3) is 0 Å².